The number of ketones is 1. The zero-order chi connectivity index (χ0) is 23.6. The number of nitrogens with one attached hydrogen (secondary N) is 1. The highest BCUT2D eigenvalue weighted by Gasteiger charge is 2.32. The number of sulfonamides is 1. The van der Waals surface area contributed by atoms with Crippen molar-refractivity contribution in [3.63, 3.8) is 0 Å². The van der Waals surface area contributed by atoms with Gasteiger partial charge in [0.1, 0.15) is 22.8 Å². The van der Waals surface area contributed by atoms with Crippen molar-refractivity contribution < 1.29 is 26.7 Å². The van der Waals surface area contributed by atoms with Crippen LogP contribution in [-0.4, -0.2) is 30.2 Å². The lowest BCUT2D eigenvalue weighted by atomic mass is 9.75. The summed E-state index contributed by atoms with van der Waals surface area (Å²) >= 11 is 6.71. The molecule has 1 heterocycles. The predicted molar refractivity (Wildman–Crippen MR) is 119 cm³/mol. The fourth-order valence-electron chi connectivity index (χ4n) is 3.82. The Hall–Kier alpha value is -2.63. The number of carbonyl (C=O) groups is 1. The van der Waals surface area contributed by atoms with Gasteiger partial charge in [0.05, 0.1) is 6.61 Å². The summed E-state index contributed by atoms with van der Waals surface area (Å²) in [5, 5.41) is 0.511. The first-order valence-corrected chi connectivity index (χ1v) is 12.5. The Bertz CT molecular complexity index is 1260. The maximum atomic E-state index is 14.6. The molecule has 3 aromatic rings. The Morgan fingerprint density at radius 3 is 2.64 bits per heavy atom. The van der Waals surface area contributed by atoms with Crippen LogP contribution in [0.3, 0.4) is 0 Å². The Labute approximate surface area is 198 Å². The predicted octanol–water partition coefficient (Wildman–Crippen LogP) is 4.80. The molecule has 4 rings (SSSR count). The van der Waals surface area contributed by atoms with Crippen molar-refractivity contribution in [1.82, 2.24) is 9.36 Å². The van der Waals surface area contributed by atoms with Crippen LogP contribution < -0.4 is 9.46 Å². The largest absolute Gasteiger partial charge is 0.490 e. The molecule has 12 heteroatoms. The summed E-state index contributed by atoms with van der Waals surface area (Å²) in [5.41, 5.74) is 0.983. The Balaban J connectivity index is 1.51. The molecule has 7 nitrogen and oxygen atoms in total. The summed E-state index contributed by atoms with van der Waals surface area (Å²) in [6.45, 7) is -0.0372. The van der Waals surface area contributed by atoms with Gasteiger partial charge >= 0.3 is 0 Å². The molecule has 1 aliphatic rings. The Morgan fingerprint density at radius 2 is 1.94 bits per heavy atom. The molecule has 1 fully saturated rings. The number of rotatable bonds is 7. The number of Topliss-reactive ketones (excluding diaryl/α,β-unsaturated/α-hetero) is 1. The lowest BCUT2D eigenvalue weighted by Crippen LogP contribution is -2.28. The van der Waals surface area contributed by atoms with E-state index in [4.69, 9.17) is 16.3 Å². The van der Waals surface area contributed by atoms with Crippen molar-refractivity contribution in [3.05, 3.63) is 64.9 Å². The van der Waals surface area contributed by atoms with Crippen LogP contribution in [0.2, 0.25) is 5.02 Å². The van der Waals surface area contributed by atoms with E-state index in [0.717, 1.165) is 23.4 Å². The molecular weight excluding hydrogens is 496 g/mol. The molecule has 174 valence electrons. The van der Waals surface area contributed by atoms with Gasteiger partial charge in [0, 0.05) is 47.4 Å². The van der Waals surface area contributed by atoms with Gasteiger partial charge in [0.25, 0.3) is 10.0 Å². The smallest absolute Gasteiger partial charge is 0.266 e. The second kappa shape index (κ2) is 9.70. The molecule has 0 amide bonds. The van der Waals surface area contributed by atoms with Crippen LogP contribution in [0.4, 0.5) is 13.9 Å². The average Bonchev–Trinajstić information content (AvgIpc) is 3.27. The van der Waals surface area contributed by atoms with Gasteiger partial charge in [-0.1, -0.05) is 23.7 Å². The number of benzene rings is 2. The minimum Gasteiger partial charge on any atom is -0.490 e. The molecule has 0 saturated heterocycles. The number of ether oxygens (including phenoxy) is 1. The van der Waals surface area contributed by atoms with Gasteiger partial charge in [-0.3, -0.25) is 9.52 Å². The van der Waals surface area contributed by atoms with E-state index in [0.29, 0.717) is 30.0 Å². The second-order valence-corrected chi connectivity index (χ2v) is 10.4. The van der Waals surface area contributed by atoms with Gasteiger partial charge in [-0.15, -0.1) is 0 Å². The fraction of sp³-hybridized carbons (Fsp3) is 0.286. The fourth-order valence-corrected chi connectivity index (χ4v) is 5.68. The summed E-state index contributed by atoms with van der Waals surface area (Å²) in [7, 11) is -4.41. The van der Waals surface area contributed by atoms with Crippen molar-refractivity contribution in [2.75, 3.05) is 11.3 Å². The molecular formula is C21H18ClF2N3O4S2. The quantitative estimate of drug-likeness (QED) is 0.487. The molecule has 2 aromatic carbocycles. The van der Waals surface area contributed by atoms with Crippen molar-refractivity contribution in [3.8, 4) is 5.75 Å². The van der Waals surface area contributed by atoms with E-state index in [1.54, 1.807) is 12.1 Å². The molecule has 1 saturated carbocycles. The van der Waals surface area contributed by atoms with Crippen molar-refractivity contribution in [2.24, 2.45) is 5.92 Å². The summed E-state index contributed by atoms with van der Waals surface area (Å²) in [6, 6.07) is 8.51. The van der Waals surface area contributed by atoms with Crippen LogP contribution in [0.15, 0.2) is 47.6 Å². The number of aromatic nitrogens is 2. The van der Waals surface area contributed by atoms with Crippen LogP contribution in [0, 0.1) is 17.6 Å². The summed E-state index contributed by atoms with van der Waals surface area (Å²) < 4.78 is 65.2. The SMILES string of the molecule is O=C1CC[C@H](c2ccc(Cl)cc2)[C@@H](COc2cc(F)c(S(=O)(=O)Nc3ncns3)cc2F)C1. The van der Waals surface area contributed by atoms with Crippen LogP contribution in [-0.2, 0) is 14.8 Å². The zero-order valence-electron chi connectivity index (χ0n) is 17.0. The monoisotopic (exact) mass is 513 g/mol. The van der Waals surface area contributed by atoms with E-state index in [1.807, 2.05) is 16.9 Å². The number of carbonyl (C=O) groups excluding carboxylic acids is 1. The van der Waals surface area contributed by atoms with E-state index in [-0.39, 0.29) is 35.8 Å². The minimum absolute atomic E-state index is 0.0105. The molecule has 1 aromatic heterocycles. The van der Waals surface area contributed by atoms with Gasteiger partial charge in [-0.25, -0.2) is 22.2 Å². The number of hydrogen-bond acceptors (Lipinski definition) is 7. The molecule has 0 bridgehead atoms. The van der Waals surface area contributed by atoms with E-state index in [2.05, 4.69) is 9.36 Å². The minimum atomic E-state index is -4.41. The Kier molecular flexibility index (Phi) is 6.91. The average molecular weight is 514 g/mol. The van der Waals surface area contributed by atoms with Gasteiger partial charge < -0.3 is 4.74 Å². The van der Waals surface area contributed by atoms with E-state index in [9.17, 15) is 22.0 Å². The molecule has 2 atom stereocenters. The molecule has 0 aliphatic heterocycles. The highest BCUT2D eigenvalue weighted by atomic mass is 35.5. The molecule has 1 N–H and O–H groups in total. The lowest BCUT2D eigenvalue weighted by Gasteiger charge is -2.31. The number of anilines is 1. The lowest BCUT2D eigenvalue weighted by molar-refractivity contribution is -0.122. The third-order valence-electron chi connectivity index (χ3n) is 5.40. The molecule has 0 radical (unpaired) electrons. The van der Waals surface area contributed by atoms with Gasteiger partial charge in [0.2, 0.25) is 5.13 Å². The second-order valence-electron chi connectivity index (χ2n) is 7.58. The van der Waals surface area contributed by atoms with Crippen molar-refractivity contribution in [1.29, 1.82) is 0 Å². The number of hydrogen-bond donors (Lipinski definition) is 1. The van der Waals surface area contributed by atoms with Gasteiger partial charge in [0.15, 0.2) is 11.6 Å². The Morgan fingerprint density at radius 1 is 1.18 bits per heavy atom. The standard InChI is InChI=1S/C21H18ClF2N3O4S2/c22-14-3-1-12(2-4-14)16-6-5-15(28)7-13(16)10-31-19-8-18(24)20(9-17(19)23)33(29,30)27-21-25-11-26-32-21/h1-4,8-9,11,13,16H,5-7,10H2,(H,25,26,27)/t13-,16-/m1/s1. The topological polar surface area (TPSA) is 98.2 Å². The molecule has 1 aliphatic carbocycles. The summed E-state index contributed by atoms with van der Waals surface area (Å²) in [4.78, 5) is 14.8. The van der Waals surface area contributed by atoms with Gasteiger partial charge in [-0.05, 0) is 30.0 Å². The first kappa shape index (κ1) is 23.5. The van der Waals surface area contributed by atoms with Crippen LogP contribution in [0.5, 0.6) is 5.75 Å². The summed E-state index contributed by atoms with van der Waals surface area (Å²) in [6.07, 6.45) is 2.42. The van der Waals surface area contributed by atoms with Gasteiger partial charge in [-0.2, -0.15) is 4.37 Å². The van der Waals surface area contributed by atoms with Crippen LogP contribution >= 0.6 is 23.1 Å². The normalized spacial score (nSPS) is 18.8. The first-order valence-electron chi connectivity index (χ1n) is 9.91. The zero-order valence-corrected chi connectivity index (χ0v) is 19.4. The third kappa shape index (κ3) is 5.48. The van der Waals surface area contributed by atoms with Crippen LogP contribution in [0.1, 0.15) is 30.7 Å². The molecule has 33 heavy (non-hydrogen) atoms. The number of nitrogens with zero attached hydrogens (tertiary/aromatic N) is 2. The first-order chi connectivity index (χ1) is 15.7. The maximum absolute atomic E-state index is 14.6. The molecule has 0 spiro atoms. The van der Waals surface area contributed by atoms with Crippen molar-refractivity contribution in [2.45, 2.75) is 30.1 Å². The van der Waals surface area contributed by atoms with E-state index in [1.165, 1.54) is 0 Å². The third-order valence-corrected chi connectivity index (χ3v) is 7.72. The van der Waals surface area contributed by atoms with E-state index >= 15 is 0 Å². The highest BCUT2D eigenvalue weighted by molar-refractivity contribution is 7.93. The van der Waals surface area contributed by atoms with E-state index < -0.39 is 32.3 Å². The summed E-state index contributed by atoms with van der Waals surface area (Å²) in [5.74, 6) is -2.85. The number of halogens is 3. The highest BCUT2D eigenvalue weighted by Crippen LogP contribution is 2.37. The van der Waals surface area contributed by atoms with Crippen LogP contribution in [0.25, 0.3) is 0 Å². The van der Waals surface area contributed by atoms with Crippen molar-refractivity contribution >= 4 is 44.1 Å². The molecule has 0 unspecified atom stereocenters. The maximum Gasteiger partial charge on any atom is 0.266 e.